The number of hydrogen-bond donors (Lipinski definition) is 1. The second-order valence-corrected chi connectivity index (χ2v) is 5.49. The molecule has 0 aromatic carbocycles. The van der Waals surface area contributed by atoms with Crippen LogP contribution < -0.4 is 0 Å². The van der Waals surface area contributed by atoms with Crippen molar-refractivity contribution in [3.05, 3.63) is 18.0 Å². The number of morpholine rings is 1. The number of ether oxygens (including phenoxy) is 1. The van der Waals surface area contributed by atoms with Gasteiger partial charge in [0.05, 0.1) is 24.9 Å². The molecule has 0 amide bonds. The van der Waals surface area contributed by atoms with Crippen LogP contribution in [-0.4, -0.2) is 40.9 Å². The minimum atomic E-state index is 0.379. The number of nitrogens with one attached hydrogen (secondary N) is 1. The van der Waals surface area contributed by atoms with Crippen LogP contribution in [0.4, 0.5) is 0 Å². The van der Waals surface area contributed by atoms with E-state index < -0.39 is 0 Å². The molecule has 100 valence electrons. The molecule has 18 heavy (non-hydrogen) atoms. The maximum atomic E-state index is 5.67. The van der Waals surface area contributed by atoms with Crippen LogP contribution in [0.25, 0.3) is 0 Å². The van der Waals surface area contributed by atoms with Crippen LogP contribution in [0.15, 0.2) is 12.3 Å². The van der Waals surface area contributed by atoms with E-state index in [1.807, 2.05) is 6.20 Å². The van der Waals surface area contributed by atoms with Gasteiger partial charge in [0, 0.05) is 18.8 Å². The van der Waals surface area contributed by atoms with Crippen LogP contribution >= 0.6 is 0 Å². The fourth-order valence-electron chi connectivity index (χ4n) is 3.36. The molecule has 4 nitrogen and oxygen atoms in total. The topological polar surface area (TPSA) is 41.1 Å². The zero-order chi connectivity index (χ0) is 12.2. The summed E-state index contributed by atoms with van der Waals surface area (Å²) in [5.41, 5.74) is 1.21. The molecule has 0 unspecified atom stereocenters. The second kappa shape index (κ2) is 5.85. The standard InChI is InChI=1S/C14H23N3O/c1-2-4-6-12(5-3-1)17-9-10-18-11-14(17)13-7-8-15-16-13/h7-8,12,14H,1-6,9-11H2,(H,15,16)/t14-/m1/s1. The van der Waals surface area contributed by atoms with Crippen LogP contribution in [0.3, 0.4) is 0 Å². The normalized spacial score (nSPS) is 28.1. The predicted octanol–water partition coefficient (Wildman–Crippen LogP) is 2.51. The van der Waals surface area contributed by atoms with E-state index in [1.54, 1.807) is 0 Å². The quantitative estimate of drug-likeness (QED) is 0.819. The lowest BCUT2D eigenvalue weighted by molar-refractivity contribution is -0.0346. The molecule has 3 rings (SSSR count). The Kier molecular flexibility index (Phi) is 3.96. The first-order valence-corrected chi connectivity index (χ1v) is 7.28. The van der Waals surface area contributed by atoms with Crippen LogP contribution in [0, 0.1) is 0 Å². The minimum Gasteiger partial charge on any atom is -0.378 e. The molecule has 1 aliphatic heterocycles. The fourth-order valence-corrected chi connectivity index (χ4v) is 3.36. The van der Waals surface area contributed by atoms with E-state index in [1.165, 1.54) is 44.2 Å². The van der Waals surface area contributed by atoms with E-state index >= 15 is 0 Å². The van der Waals surface area contributed by atoms with Gasteiger partial charge in [0.15, 0.2) is 0 Å². The number of aromatic nitrogens is 2. The van der Waals surface area contributed by atoms with Crippen molar-refractivity contribution >= 4 is 0 Å². The van der Waals surface area contributed by atoms with Crippen LogP contribution in [0.2, 0.25) is 0 Å². The molecular weight excluding hydrogens is 226 g/mol. The van der Waals surface area contributed by atoms with Crippen molar-refractivity contribution in [3.8, 4) is 0 Å². The SMILES string of the molecule is c1cc([C@H]2COCCN2C2CCCCCC2)[nH]n1. The Balaban J connectivity index is 1.74. The second-order valence-electron chi connectivity index (χ2n) is 5.49. The maximum Gasteiger partial charge on any atom is 0.0755 e. The van der Waals surface area contributed by atoms with Gasteiger partial charge in [-0.1, -0.05) is 25.7 Å². The highest BCUT2D eigenvalue weighted by atomic mass is 16.5. The Bertz CT molecular complexity index is 344. The molecule has 2 aliphatic rings. The molecule has 0 spiro atoms. The lowest BCUT2D eigenvalue weighted by Gasteiger charge is -2.40. The molecule has 0 radical (unpaired) electrons. The average molecular weight is 249 g/mol. The highest BCUT2D eigenvalue weighted by Gasteiger charge is 2.31. The van der Waals surface area contributed by atoms with Gasteiger partial charge in [-0.2, -0.15) is 5.10 Å². The Hall–Kier alpha value is -0.870. The van der Waals surface area contributed by atoms with Crippen LogP contribution in [-0.2, 0) is 4.74 Å². The van der Waals surface area contributed by atoms with E-state index in [2.05, 4.69) is 21.2 Å². The molecule has 1 aliphatic carbocycles. The fraction of sp³-hybridized carbons (Fsp3) is 0.786. The Morgan fingerprint density at radius 3 is 2.78 bits per heavy atom. The van der Waals surface area contributed by atoms with Gasteiger partial charge in [-0.05, 0) is 18.9 Å². The highest BCUT2D eigenvalue weighted by Crippen LogP contribution is 2.30. The van der Waals surface area contributed by atoms with Crippen molar-refractivity contribution in [2.75, 3.05) is 19.8 Å². The van der Waals surface area contributed by atoms with Gasteiger partial charge in [-0.25, -0.2) is 0 Å². The molecule has 2 heterocycles. The summed E-state index contributed by atoms with van der Waals surface area (Å²) in [6.07, 6.45) is 10.1. The molecule has 1 aromatic heterocycles. The smallest absolute Gasteiger partial charge is 0.0755 e. The lowest BCUT2D eigenvalue weighted by Crippen LogP contribution is -2.45. The molecule has 1 aromatic rings. The summed E-state index contributed by atoms with van der Waals surface area (Å²) in [5.74, 6) is 0. The molecule has 1 saturated carbocycles. The predicted molar refractivity (Wildman–Crippen MR) is 70.3 cm³/mol. The monoisotopic (exact) mass is 249 g/mol. The largest absolute Gasteiger partial charge is 0.378 e. The minimum absolute atomic E-state index is 0.379. The average Bonchev–Trinajstić information content (AvgIpc) is 2.81. The third-order valence-corrected chi connectivity index (χ3v) is 4.34. The summed E-state index contributed by atoms with van der Waals surface area (Å²) in [7, 11) is 0. The van der Waals surface area contributed by atoms with Crippen molar-refractivity contribution in [1.82, 2.24) is 15.1 Å². The van der Waals surface area contributed by atoms with E-state index in [0.29, 0.717) is 6.04 Å². The number of nitrogens with zero attached hydrogens (tertiary/aromatic N) is 2. The third kappa shape index (κ3) is 2.59. The van der Waals surface area contributed by atoms with Gasteiger partial charge >= 0.3 is 0 Å². The number of aromatic amines is 1. The lowest BCUT2D eigenvalue weighted by atomic mass is 10.0. The highest BCUT2D eigenvalue weighted by molar-refractivity contribution is 5.07. The molecule has 2 fully saturated rings. The Morgan fingerprint density at radius 1 is 1.22 bits per heavy atom. The van der Waals surface area contributed by atoms with Gasteiger partial charge in [0.1, 0.15) is 0 Å². The summed E-state index contributed by atoms with van der Waals surface area (Å²) in [5, 5.41) is 7.21. The van der Waals surface area contributed by atoms with E-state index in [0.717, 1.165) is 25.8 Å². The van der Waals surface area contributed by atoms with Crippen molar-refractivity contribution < 1.29 is 4.74 Å². The summed E-state index contributed by atoms with van der Waals surface area (Å²) in [6.45, 7) is 2.74. The third-order valence-electron chi connectivity index (χ3n) is 4.34. The van der Waals surface area contributed by atoms with Crippen LogP contribution in [0.1, 0.15) is 50.3 Å². The Labute approximate surface area is 109 Å². The maximum absolute atomic E-state index is 5.67. The molecule has 4 heteroatoms. The van der Waals surface area contributed by atoms with Gasteiger partial charge in [-0.3, -0.25) is 10.00 Å². The Morgan fingerprint density at radius 2 is 2.06 bits per heavy atom. The number of rotatable bonds is 2. The van der Waals surface area contributed by atoms with Gasteiger partial charge in [0.2, 0.25) is 0 Å². The zero-order valence-corrected chi connectivity index (χ0v) is 11.0. The van der Waals surface area contributed by atoms with Crippen molar-refractivity contribution in [1.29, 1.82) is 0 Å². The van der Waals surface area contributed by atoms with Gasteiger partial charge in [-0.15, -0.1) is 0 Å². The van der Waals surface area contributed by atoms with E-state index in [4.69, 9.17) is 4.74 Å². The molecular formula is C14H23N3O. The molecule has 0 bridgehead atoms. The summed E-state index contributed by atoms with van der Waals surface area (Å²) in [6, 6.07) is 3.21. The first kappa shape index (κ1) is 12.2. The van der Waals surface area contributed by atoms with E-state index in [9.17, 15) is 0 Å². The first-order chi connectivity index (χ1) is 8.95. The molecule has 1 N–H and O–H groups in total. The molecule has 1 atom stereocenters. The summed E-state index contributed by atoms with van der Waals surface area (Å²) >= 11 is 0. The number of hydrogen-bond acceptors (Lipinski definition) is 3. The van der Waals surface area contributed by atoms with Gasteiger partial charge < -0.3 is 4.74 Å². The van der Waals surface area contributed by atoms with E-state index in [-0.39, 0.29) is 0 Å². The van der Waals surface area contributed by atoms with Crippen LogP contribution in [0.5, 0.6) is 0 Å². The van der Waals surface area contributed by atoms with Gasteiger partial charge in [0.25, 0.3) is 0 Å². The summed E-state index contributed by atoms with van der Waals surface area (Å²) in [4.78, 5) is 2.66. The van der Waals surface area contributed by atoms with Crippen molar-refractivity contribution in [3.63, 3.8) is 0 Å². The van der Waals surface area contributed by atoms with Crippen molar-refractivity contribution in [2.24, 2.45) is 0 Å². The van der Waals surface area contributed by atoms with Crippen molar-refractivity contribution in [2.45, 2.75) is 50.6 Å². The summed E-state index contributed by atoms with van der Waals surface area (Å²) < 4.78 is 5.67. The number of H-pyrrole nitrogens is 1. The zero-order valence-electron chi connectivity index (χ0n) is 11.0. The first-order valence-electron chi connectivity index (χ1n) is 7.28. The molecule has 1 saturated heterocycles.